The highest BCUT2D eigenvalue weighted by Gasteiger charge is 2.39. The maximum absolute atomic E-state index is 12.0. The largest absolute Gasteiger partial charge is 0.339 e. The highest BCUT2D eigenvalue weighted by atomic mass is 16.5. The van der Waals surface area contributed by atoms with Gasteiger partial charge in [0.1, 0.15) is 0 Å². The maximum Gasteiger partial charge on any atom is 0.232 e. The van der Waals surface area contributed by atoms with Crippen LogP contribution in [0, 0.1) is 0 Å². The number of amides is 1. The summed E-state index contributed by atoms with van der Waals surface area (Å²) in [6, 6.07) is 0. The van der Waals surface area contributed by atoms with Gasteiger partial charge in [-0.15, -0.1) is 0 Å². The van der Waals surface area contributed by atoms with E-state index in [-0.39, 0.29) is 17.4 Å². The third-order valence-electron chi connectivity index (χ3n) is 3.24. The normalized spacial score (nSPS) is 20.8. The summed E-state index contributed by atoms with van der Waals surface area (Å²) in [5.41, 5.74) is -0.141. The molecule has 2 rings (SSSR count). The lowest BCUT2D eigenvalue weighted by atomic mass is 10.1. The van der Waals surface area contributed by atoms with Gasteiger partial charge in [-0.1, -0.05) is 12.1 Å². The quantitative estimate of drug-likeness (QED) is 0.825. The Balaban J connectivity index is 2.09. The van der Waals surface area contributed by atoms with Crippen molar-refractivity contribution >= 4 is 5.91 Å². The van der Waals surface area contributed by atoms with E-state index in [0.29, 0.717) is 18.9 Å². The van der Waals surface area contributed by atoms with E-state index in [1.165, 1.54) is 0 Å². The van der Waals surface area contributed by atoms with Crippen LogP contribution in [0.25, 0.3) is 0 Å². The van der Waals surface area contributed by atoms with Gasteiger partial charge in [0.15, 0.2) is 5.82 Å². The first-order valence-electron chi connectivity index (χ1n) is 6.54. The van der Waals surface area contributed by atoms with Gasteiger partial charge in [0, 0.05) is 24.9 Å². The maximum atomic E-state index is 12.0. The zero-order valence-electron chi connectivity index (χ0n) is 11.6. The Kier molecular flexibility index (Phi) is 3.41. The zero-order valence-corrected chi connectivity index (χ0v) is 11.6. The third kappa shape index (κ3) is 2.54. The van der Waals surface area contributed by atoms with E-state index in [0.717, 1.165) is 18.7 Å². The number of nitrogens with zero attached hydrogens (tertiary/aromatic N) is 3. The second kappa shape index (κ2) is 4.71. The van der Waals surface area contributed by atoms with Crippen LogP contribution in [0.5, 0.6) is 0 Å². The first-order valence-corrected chi connectivity index (χ1v) is 6.54. The standard InChI is InChI=1S/C13H21N3O2/c1-5-6-10-14-12(18-15-10)9-7-11(17)16(8-9)13(2,3)4/h9H,5-8H2,1-4H3/t9-/m1/s1. The average Bonchev–Trinajstić information content (AvgIpc) is 2.84. The number of carbonyl (C=O) groups is 1. The van der Waals surface area contributed by atoms with Gasteiger partial charge in [-0.05, 0) is 27.2 Å². The number of carbonyl (C=O) groups excluding carboxylic acids is 1. The predicted molar refractivity (Wildman–Crippen MR) is 67.1 cm³/mol. The molecule has 1 aromatic rings. The fraction of sp³-hybridized carbons (Fsp3) is 0.769. The van der Waals surface area contributed by atoms with E-state index >= 15 is 0 Å². The molecule has 0 aromatic carbocycles. The molecule has 2 heterocycles. The first-order chi connectivity index (χ1) is 8.41. The summed E-state index contributed by atoms with van der Waals surface area (Å²) in [4.78, 5) is 18.2. The van der Waals surface area contributed by atoms with Crippen molar-refractivity contribution in [2.45, 2.75) is 58.4 Å². The summed E-state index contributed by atoms with van der Waals surface area (Å²) >= 11 is 0. The van der Waals surface area contributed by atoms with Gasteiger partial charge < -0.3 is 9.42 Å². The summed E-state index contributed by atoms with van der Waals surface area (Å²) < 4.78 is 5.27. The van der Waals surface area contributed by atoms with Crippen molar-refractivity contribution in [2.24, 2.45) is 0 Å². The predicted octanol–water partition coefficient (Wildman–Crippen LogP) is 2.14. The summed E-state index contributed by atoms with van der Waals surface area (Å²) in [5.74, 6) is 1.57. The number of aryl methyl sites for hydroxylation is 1. The Labute approximate surface area is 108 Å². The van der Waals surface area contributed by atoms with Crippen molar-refractivity contribution in [3.8, 4) is 0 Å². The number of hydrogen-bond donors (Lipinski definition) is 0. The van der Waals surface area contributed by atoms with Crippen LogP contribution >= 0.6 is 0 Å². The van der Waals surface area contributed by atoms with Gasteiger partial charge in [-0.3, -0.25) is 4.79 Å². The Morgan fingerprint density at radius 1 is 1.44 bits per heavy atom. The molecule has 5 nitrogen and oxygen atoms in total. The molecule has 1 amide bonds. The molecule has 0 N–H and O–H groups in total. The summed E-state index contributed by atoms with van der Waals surface area (Å²) in [7, 11) is 0. The lowest BCUT2D eigenvalue weighted by Crippen LogP contribution is -2.42. The molecular weight excluding hydrogens is 230 g/mol. The van der Waals surface area contributed by atoms with Crippen molar-refractivity contribution in [3.05, 3.63) is 11.7 Å². The van der Waals surface area contributed by atoms with Crippen molar-refractivity contribution in [2.75, 3.05) is 6.54 Å². The number of hydrogen-bond acceptors (Lipinski definition) is 4. The minimum atomic E-state index is -0.141. The van der Waals surface area contributed by atoms with Crippen LogP contribution in [0.1, 0.15) is 58.2 Å². The highest BCUT2D eigenvalue weighted by Crippen LogP contribution is 2.31. The van der Waals surface area contributed by atoms with Crippen LogP contribution in [0.3, 0.4) is 0 Å². The van der Waals surface area contributed by atoms with Crippen LogP contribution in [-0.2, 0) is 11.2 Å². The molecule has 0 radical (unpaired) electrons. The highest BCUT2D eigenvalue weighted by molar-refractivity contribution is 5.80. The summed E-state index contributed by atoms with van der Waals surface area (Å²) in [6.45, 7) is 8.89. The van der Waals surface area contributed by atoms with Gasteiger partial charge in [-0.25, -0.2) is 0 Å². The van der Waals surface area contributed by atoms with E-state index < -0.39 is 0 Å². The average molecular weight is 251 g/mol. The summed E-state index contributed by atoms with van der Waals surface area (Å²) in [5, 5.41) is 3.95. The van der Waals surface area contributed by atoms with Crippen molar-refractivity contribution < 1.29 is 9.32 Å². The SMILES string of the molecule is CCCc1noc([C@@H]2CC(=O)N(C(C)(C)C)C2)n1. The molecule has 1 aromatic heterocycles. The number of likely N-dealkylation sites (tertiary alicyclic amines) is 1. The molecule has 1 atom stereocenters. The van der Waals surface area contributed by atoms with Gasteiger partial charge in [-0.2, -0.15) is 4.98 Å². The Bertz CT molecular complexity index is 434. The lowest BCUT2D eigenvalue weighted by Gasteiger charge is -2.31. The van der Waals surface area contributed by atoms with Gasteiger partial charge in [0.05, 0.1) is 5.92 Å². The van der Waals surface area contributed by atoms with E-state index in [9.17, 15) is 4.79 Å². The van der Waals surface area contributed by atoms with E-state index in [4.69, 9.17) is 4.52 Å². The molecule has 1 aliphatic rings. The molecule has 0 saturated carbocycles. The second-order valence-electron chi connectivity index (χ2n) is 5.88. The molecule has 0 aliphatic carbocycles. The smallest absolute Gasteiger partial charge is 0.232 e. The van der Waals surface area contributed by atoms with Crippen LogP contribution in [0.2, 0.25) is 0 Å². The molecule has 1 aliphatic heterocycles. The van der Waals surface area contributed by atoms with Crippen molar-refractivity contribution in [3.63, 3.8) is 0 Å². The molecule has 100 valence electrons. The number of rotatable bonds is 3. The van der Waals surface area contributed by atoms with E-state index in [2.05, 4.69) is 17.1 Å². The molecule has 0 bridgehead atoms. The van der Waals surface area contributed by atoms with Crippen molar-refractivity contribution in [1.82, 2.24) is 15.0 Å². The fourth-order valence-corrected chi connectivity index (χ4v) is 2.28. The van der Waals surface area contributed by atoms with Crippen LogP contribution < -0.4 is 0 Å². The topological polar surface area (TPSA) is 59.2 Å². The minimum absolute atomic E-state index is 0.0508. The monoisotopic (exact) mass is 251 g/mol. The molecule has 0 unspecified atom stereocenters. The van der Waals surface area contributed by atoms with Crippen LogP contribution in [-0.4, -0.2) is 33.0 Å². The summed E-state index contributed by atoms with van der Waals surface area (Å²) in [6.07, 6.45) is 2.30. The number of aromatic nitrogens is 2. The zero-order chi connectivity index (χ0) is 13.3. The third-order valence-corrected chi connectivity index (χ3v) is 3.24. The lowest BCUT2D eigenvalue weighted by molar-refractivity contribution is -0.131. The Morgan fingerprint density at radius 3 is 2.72 bits per heavy atom. The van der Waals surface area contributed by atoms with E-state index in [1.807, 2.05) is 25.7 Å². The second-order valence-corrected chi connectivity index (χ2v) is 5.88. The fourth-order valence-electron chi connectivity index (χ4n) is 2.28. The Morgan fingerprint density at radius 2 is 2.17 bits per heavy atom. The molecular formula is C13H21N3O2. The van der Waals surface area contributed by atoms with Gasteiger partial charge in [0.2, 0.25) is 11.8 Å². The van der Waals surface area contributed by atoms with Crippen LogP contribution in [0.15, 0.2) is 4.52 Å². The molecule has 1 saturated heterocycles. The molecule has 5 heteroatoms. The minimum Gasteiger partial charge on any atom is -0.339 e. The molecule has 18 heavy (non-hydrogen) atoms. The van der Waals surface area contributed by atoms with Gasteiger partial charge >= 0.3 is 0 Å². The van der Waals surface area contributed by atoms with E-state index in [1.54, 1.807) is 0 Å². The Hall–Kier alpha value is -1.39. The van der Waals surface area contributed by atoms with Crippen LogP contribution in [0.4, 0.5) is 0 Å². The molecule has 0 spiro atoms. The van der Waals surface area contributed by atoms with Crippen molar-refractivity contribution in [1.29, 1.82) is 0 Å². The van der Waals surface area contributed by atoms with Gasteiger partial charge in [0.25, 0.3) is 0 Å². The molecule has 1 fully saturated rings. The first kappa shape index (κ1) is 13.1.